The van der Waals surface area contributed by atoms with Crippen LogP contribution in [0.4, 0.5) is 5.69 Å². The molecule has 0 saturated heterocycles. The molecule has 80 valence electrons. The Hall–Kier alpha value is -1.51. The fraction of sp³-hybridized carbons (Fsp3) is 0.417. The highest BCUT2D eigenvalue weighted by molar-refractivity contribution is 5.79. The summed E-state index contributed by atoms with van der Waals surface area (Å²) in [7, 11) is 0. The third-order valence-corrected chi connectivity index (χ3v) is 2.80. The van der Waals surface area contributed by atoms with Gasteiger partial charge in [-0.1, -0.05) is 19.1 Å². The SMILES string of the molecule is CC1CC1NC(=O)Cc1ccc(N)cc1. The zero-order valence-corrected chi connectivity index (χ0v) is 8.86. The van der Waals surface area contributed by atoms with Gasteiger partial charge in [0, 0.05) is 11.7 Å². The first kappa shape index (κ1) is 10.0. The van der Waals surface area contributed by atoms with Crippen LogP contribution in [-0.2, 0) is 11.2 Å². The first-order valence-electron chi connectivity index (χ1n) is 5.29. The van der Waals surface area contributed by atoms with Crippen LogP contribution in [0.25, 0.3) is 0 Å². The monoisotopic (exact) mass is 204 g/mol. The lowest BCUT2D eigenvalue weighted by Gasteiger charge is -2.04. The molecule has 2 unspecified atom stereocenters. The summed E-state index contributed by atoms with van der Waals surface area (Å²) in [5.41, 5.74) is 7.31. The number of nitrogens with two attached hydrogens (primary N) is 1. The topological polar surface area (TPSA) is 55.1 Å². The maximum atomic E-state index is 11.6. The van der Waals surface area contributed by atoms with Crippen molar-refractivity contribution < 1.29 is 4.79 Å². The standard InChI is InChI=1S/C12H16N2O/c1-8-6-11(8)14-12(15)7-9-2-4-10(13)5-3-9/h2-5,8,11H,6-7,13H2,1H3,(H,14,15). The molecule has 3 N–H and O–H groups in total. The van der Waals surface area contributed by atoms with E-state index in [1.165, 1.54) is 0 Å². The predicted octanol–water partition coefficient (Wildman–Crippen LogP) is 1.34. The second-order valence-corrected chi connectivity index (χ2v) is 4.31. The van der Waals surface area contributed by atoms with Gasteiger partial charge >= 0.3 is 0 Å². The molecule has 1 aliphatic rings. The van der Waals surface area contributed by atoms with Gasteiger partial charge in [-0.05, 0) is 30.0 Å². The van der Waals surface area contributed by atoms with Crippen molar-refractivity contribution in [1.29, 1.82) is 0 Å². The number of nitrogens with one attached hydrogen (secondary N) is 1. The van der Waals surface area contributed by atoms with Crippen molar-refractivity contribution >= 4 is 11.6 Å². The smallest absolute Gasteiger partial charge is 0.224 e. The van der Waals surface area contributed by atoms with E-state index in [9.17, 15) is 4.79 Å². The molecule has 1 aromatic rings. The van der Waals surface area contributed by atoms with E-state index in [0.717, 1.165) is 17.7 Å². The van der Waals surface area contributed by atoms with Crippen LogP contribution in [0.1, 0.15) is 18.9 Å². The Labute approximate surface area is 89.7 Å². The van der Waals surface area contributed by atoms with Crippen LogP contribution in [0.15, 0.2) is 24.3 Å². The molecule has 3 heteroatoms. The number of carbonyl (C=O) groups is 1. The average molecular weight is 204 g/mol. The summed E-state index contributed by atoms with van der Waals surface area (Å²) in [5, 5.41) is 3.00. The predicted molar refractivity (Wildman–Crippen MR) is 60.3 cm³/mol. The lowest BCUT2D eigenvalue weighted by Crippen LogP contribution is -2.28. The summed E-state index contributed by atoms with van der Waals surface area (Å²) < 4.78 is 0. The molecule has 1 aliphatic carbocycles. The van der Waals surface area contributed by atoms with Crippen molar-refractivity contribution in [1.82, 2.24) is 5.32 Å². The molecule has 1 fully saturated rings. The Kier molecular flexibility index (Phi) is 2.62. The van der Waals surface area contributed by atoms with Crippen molar-refractivity contribution in [3.63, 3.8) is 0 Å². The van der Waals surface area contributed by atoms with E-state index in [-0.39, 0.29) is 5.91 Å². The molecule has 0 aromatic heterocycles. The van der Waals surface area contributed by atoms with E-state index in [4.69, 9.17) is 5.73 Å². The van der Waals surface area contributed by atoms with E-state index < -0.39 is 0 Å². The second-order valence-electron chi connectivity index (χ2n) is 4.31. The number of hydrogen-bond donors (Lipinski definition) is 2. The van der Waals surface area contributed by atoms with Gasteiger partial charge in [-0.3, -0.25) is 4.79 Å². The van der Waals surface area contributed by atoms with Crippen LogP contribution in [-0.4, -0.2) is 11.9 Å². The molecule has 0 heterocycles. The molecule has 0 aliphatic heterocycles. The van der Waals surface area contributed by atoms with Gasteiger partial charge < -0.3 is 11.1 Å². The second kappa shape index (κ2) is 3.93. The van der Waals surface area contributed by atoms with Gasteiger partial charge in [0.2, 0.25) is 5.91 Å². The zero-order valence-electron chi connectivity index (χ0n) is 8.86. The number of amides is 1. The maximum Gasteiger partial charge on any atom is 0.224 e. The molecular weight excluding hydrogens is 188 g/mol. The van der Waals surface area contributed by atoms with E-state index in [2.05, 4.69) is 12.2 Å². The number of anilines is 1. The highest BCUT2D eigenvalue weighted by Gasteiger charge is 2.33. The Morgan fingerprint density at radius 3 is 2.60 bits per heavy atom. The number of carbonyl (C=O) groups excluding carboxylic acids is 1. The lowest BCUT2D eigenvalue weighted by atomic mass is 10.1. The van der Waals surface area contributed by atoms with Crippen LogP contribution in [0, 0.1) is 5.92 Å². The van der Waals surface area contributed by atoms with Gasteiger partial charge in [0.05, 0.1) is 6.42 Å². The molecule has 1 amide bonds. The molecule has 2 atom stereocenters. The third-order valence-electron chi connectivity index (χ3n) is 2.80. The highest BCUT2D eigenvalue weighted by Crippen LogP contribution is 2.28. The zero-order chi connectivity index (χ0) is 10.8. The summed E-state index contributed by atoms with van der Waals surface area (Å²) in [6.45, 7) is 2.15. The lowest BCUT2D eigenvalue weighted by molar-refractivity contribution is -0.120. The van der Waals surface area contributed by atoms with E-state index >= 15 is 0 Å². The molecule has 0 spiro atoms. The normalized spacial score (nSPS) is 23.5. The van der Waals surface area contributed by atoms with E-state index in [0.29, 0.717) is 18.4 Å². The van der Waals surface area contributed by atoms with Crippen molar-refractivity contribution in [2.24, 2.45) is 5.92 Å². The Bertz CT molecular complexity index is 358. The number of hydrogen-bond acceptors (Lipinski definition) is 2. The van der Waals surface area contributed by atoms with Gasteiger partial charge in [0.25, 0.3) is 0 Å². The Morgan fingerprint density at radius 1 is 1.47 bits per heavy atom. The van der Waals surface area contributed by atoms with Gasteiger partial charge in [-0.15, -0.1) is 0 Å². The largest absolute Gasteiger partial charge is 0.399 e. The third kappa shape index (κ3) is 2.72. The minimum atomic E-state index is 0.106. The highest BCUT2D eigenvalue weighted by atomic mass is 16.1. The summed E-state index contributed by atoms with van der Waals surface area (Å²) in [5.74, 6) is 0.759. The molecule has 0 bridgehead atoms. The minimum absolute atomic E-state index is 0.106. The summed E-state index contributed by atoms with van der Waals surface area (Å²) in [4.78, 5) is 11.6. The molecular formula is C12H16N2O. The Balaban J connectivity index is 1.85. The minimum Gasteiger partial charge on any atom is -0.399 e. The Morgan fingerprint density at radius 2 is 2.07 bits per heavy atom. The van der Waals surface area contributed by atoms with Crippen molar-refractivity contribution in [2.45, 2.75) is 25.8 Å². The first-order chi connectivity index (χ1) is 7.15. The van der Waals surface area contributed by atoms with Crippen LogP contribution in [0.2, 0.25) is 0 Å². The van der Waals surface area contributed by atoms with Crippen LogP contribution in [0.5, 0.6) is 0 Å². The van der Waals surface area contributed by atoms with Gasteiger partial charge in [-0.25, -0.2) is 0 Å². The van der Waals surface area contributed by atoms with Crippen LogP contribution in [0.3, 0.4) is 0 Å². The summed E-state index contributed by atoms with van der Waals surface area (Å²) in [6, 6.07) is 7.84. The van der Waals surface area contributed by atoms with Crippen molar-refractivity contribution in [3.8, 4) is 0 Å². The number of benzene rings is 1. The van der Waals surface area contributed by atoms with Crippen LogP contribution >= 0.6 is 0 Å². The fourth-order valence-electron chi connectivity index (χ4n) is 1.60. The molecule has 1 saturated carbocycles. The molecule has 0 radical (unpaired) electrons. The fourth-order valence-corrected chi connectivity index (χ4v) is 1.60. The van der Waals surface area contributed by atoms with E-state index in [1.807, 2.05) is 24.3 Å². The molecule has 3 nitrogen and oxygen atoms in total. The first-order valence-corrected chi connectivity index (χ1v) is 5.29. The maximum absolute atomic E-state index is 11.6. The van der Waals surface area contributed by atoms with Gasteiger partial charge in [0.15, 0.2) is 0 Å². The van der Waals surface area contributed by atoms with Gasteiger partial charge in [0.1, 0.15) is 0 Å². The number of rotatable bonds is 3. The van der Waals surface area contributed by atoms with Crippen molar-refractivity contribution in [2.75, 3.05) is 5.73 Å². The number of nitrogen functional groups attached to an aromatic ring is 1. The summed E-state index contributed by atoms with van der Waals surface area (Å²) in [6.07, 6.45) is 1.57. The summed E-state index contributed by atoms with van der Waals surface area (Å²) >= 11 is 0. The molecule has 15 heavy (non-hydrogen) atoms. The van der Waals surface area contributed by atoms with Crippen LogP contribution < -0.4 is 11.1 Å². The van der Waals surface area contributed by atoms with E-state index in [1.54, 1.807) is 0 Å². The molecule has 2 rings (SSSR count). The molecule has 1 aromatic carbocycles. The quantitative estimate of drug-likeness (QED) is 0.730. The van der Waals surface area contributed by atoms with Gasteiger partial charge in [-0.2, -0.15) is 0 Å². The van der Waals surface area contributed by atoms with Crippen molar-refractivity contribution in [3.05, 3.63) is 29.8 Å². The average Bonchev–Trinajstić information content (AvgIpc) is 2.86.